The van der Waals surface area contributed by atoms with Crippen molar-refractivity contribution in [1.82, 2.24) is 30.0 Å². The van der Waals surface area contributed by atoms with Crippen LogP contribution in [0.5, 0.6) is 0 Å². The fraction of sp³-hybridized carbons (Fsp3) is 0.346. The van der Waals surface area contributed by atoms with Crippen LogP contribution in [0.4, 0.5) is 39.8 Å². The van der Waals surface area contributed by atoms with E-state index in [4.69, 9.17) is 0 Å². The molecular weight excluding hydrogens is 935 g/mol. The quantitative estimate of drug-likeness (QED) is 0.0446. The molecule has 0 spiro atoms. The highest BCUT2D eigenvalue weighted by Crippen LogP contribution is 2.26. The van der Waals surface area contributed by atoms with Crippen LogP contribution in [0, 0.1) is 0 Å². The second-order valence-corrected chi connectivity index (χ2v) is 21.1. The first-order valence-corrected chi connectivity index (χ1v) is 27.5. The van der Waals surface area contributed by atoms with Crippen molar-refractivity contribution in [2.75, 3.05) is 65.5 Å². The number of azo groups is 2. The molecule has 2 aromatic heterocycles. The number of benzene rings is 5. The monoisotopic (exact) mass is 997 g/mol. The molecular formula is C52H63N13O4S2. The Bertz CT molecular complexity index is 2820. The number of hydrogen-bond acceptors (Lipinski definition) is 15. The third kappa shape index (κ3) is 14.9. The maximum Gasteiger partial charge on any atom is 0.178 e. The lowest BCUT2D eigenvalue weighted by molar-refractivity contribution is 0.538. The molecule has 0 radical (unpaired) electrons. The van der Waals surface area contributed by atoms with Crippen LogP contribution in [0.25, 0.3) is 0 Å². The van der Waals surface area contributed by atoms with Crippen LogP contribution in [-0.4, -0.2) is 97.6 Å². The Hall–Kier alpha value is -7.12. The first-order chi connectivity index (χ1) is 34.4. The van der Waals surface area contributed by atoms with Crippen molar-refractivity contribution >= 4 is 59.5 Å². The van der Waals surface area contributed by atoms with Gasteiger partial charge in [-0.25, -0.2) is 16.8 Å². The summed E-state index contributed by atoms with van der Waals surface area (Å²) in [5.74, 6) is -0.0508. The number of aryl methyl sites for hydroxylation is 2. The highest BCUT2D eigenvalue weighted by Gasteiger charge is 2.17. The second kappa shape index (κ2) is 25.1. The van der Waals surface area contributed by atoms with Gasteiger partial charge in [-0.2, -0.15) is 20.5 Å². The predicted molar refractivity (Wildman–Crippen MR) is 281 cm³/mol. The van der Waals surface area contributed by atoms with Crippen LogP contribution in [0.3, 0.4) is 0 Å². The fourth-order valence-electron chi connectivity index (χ4n) is 8.01. The van der Waals surface area contributed by atoms with Gasteiger partial charge in [-0.3, -0.25) is 9.36 Å². The molecule has 2 heterocycles. The third-order valence-electron chi connectivity index (χ3n) is 12.1. The van der Waals surface area contributed by atoms with Gasteiger partial charge < -0.3 is 14.7 Å². The molecule has 71 heavy (non-hydrogen) atoms. The van der Waals surface area contributed by atoms with E-state index in [9.17, 15) is 16.8 Å². The van der Waals surface area contributed by atoms with Gasteiger partial charge in [-0.15, -0.1) is 10.2 Å². The first kappa shape index (κ1) is 51.7. The number of nitrogens with zero attached hydrogens (tertiary/aromatic N) is 13. The van der Waals surface area contributed by atoms with Crippen molar-refractivity contribution in [3.8, 4) is 0 Å². The van der Waals surface area contributed by atoms with E-state index in [1.54, 1.807) is 57.9 Å². The summed E-state index contributed by atoms with van der Waals surface area (Å²) in [4.78, 5) is 7.22. The number of sulfone groups is 2. The van der Waals surface area contributed by atoms with Gasteiger partial charge in [0.2, 0.25) is 0 Å². The molecule has 0 saturated carbocycles. The molecule has 7 rings (SSSR count). The minimum absolute atomic E-state index is 0.0254. The van der Waals surface area contributed by atoms with Crippen molar-refractivity contribution in [3.63, 3.8) is 0 Å². The normalized spacial score (nSPS) is 12.0. The largest absolute Gasteiger partial charge is 0.372 e. The Labute approximate surface area is 417 Å². The van der Waals surface area contributed by atoms with E-state index in [1.807, 2.05) is 79.1 Å². The summed E-state index contributed by atoms with van der Waals surface area (Å²) in [6, 6.07) is 38.8. The van der Waals surface area contributed by atoms with Gasteiger partial charge in [0.25, 0.3) is 0 Å². The number of hydrogen-bond donors (Lipinski definition) is 0. The van der Waals surface area contributed by atoms with E-state index in [0.29, 0.717) is 63.2 Å². The summed E-state index contributed by atoms with van der Waals surface area (Å²) in [5, 5.41) is 34.5. The van der Waals surface area contributed by atoms with E-state index in [2.05, 4.69) is 95.6 Å². The Morgan fingerprint density at radius 1 is 0.437 bits per heavy atom. The van der Waals surface area contributed by atoms with Gasteiger partial charge in [0.05, 0.1) is 68.5 Å². The van der Waals surface area contributed by atoms with Crippen molar-refractivity contribution in [1.29, 1.82) is 0 Å². The molecule has 17 nitrogen and oxygen atoms in total. The fourth-order valence-corrected chi connectivity index (χ4v) is 10.6. The number of anilines is 3. The van der Waals surface area contributed by atoms with Gasteiger partial charge >= 0.3 is 0 Å². The molecule has 0 unspecified atom stereocenters. The van der Waals surface area contributed by atoms with Crippen LogP contribution in [-0.2, 0) is 45.6 Å². The minimum atomic E-state index is -3.52. The molecule has 19 heteroatoms. The van der Waals surface area contributed by atoms with Crippen molar-refractivity contribution in [3.05, 3.63) is 151 Å². The summed E-state index contributed by atoms with van der Waals surface area (Å²) in [6.07, 6.45) is 5.47. The van der Waals surface area contributed by atoms with Gasteiger partial charge in [0.15, 0.2) is 19.7 Å². The molecule has 372 valence electrons. The van der Waals surface area contributed by atoms with E-state index in [0.717, 1.165) is 66.0 Å². The van der Waals surface area contributed by atoms with Gasteiger partial charge in [-0.1, -0.05) is 28.6 Å². The average molecular weight is 998 g/mol. The lowest BCUT2D eigenvalue weighted by atomic mass is 10.2. The summed E-state index contributed by atoms with van der Waals surface area (Å²) in [6.45, 7) is 14.6. The van der Waals surface area contributed by atoms with E-state index < -0.39 is 19.7 Å². The lowest BCUT2D eigenvalue weighted by Gasteiger charge is -2.24. The number of aromatic nitrogens is 6. The van der Waals surface area contributed by atoms with Gasteiger partial charge in [0, 0.05) is 68.7 Å². The minimum Gasteiger partial charge on any atom is -0.372 e. The first-order valence-electron chi connectivity index (χ1n) is 24.2. The molecule has 0 amide bonds. The number of rotatable bonds is 27. The van der Waals surface area contributed by atoms with Gasteiger partial charge in [0.1, 0.15) is 0 Å². The molecule has 0 N–H and O–H groups in total. The molecule has 5 aromatic carbocycles. The summed E-state index contributed by atoms with van der Waals surface area (Å²) >= 11 is 0. The maximum absolute atomic E-state index is 13.2. The summed E-state index contributed by atoms with van der Waals surface area (Å²) < 4.78 is 56.4. The second-order valence-electron chi connectivity index (χ2n) is 16.9. The number of para-hydroxylation sites is 1. The van der Waals surface area contributed by atoms with Crippen LogP contribution < -0.4 is 14.7 Å². The molecule has 0 fully saturated rings. The van der Waals surface area contributed by atoms with Crippen LogP contribution in [0.1, 0.15) is 51.9 Å². The zero-order valence-electron chi connectivity index (χ0n) is 40.9. The zero-order valence-corrected chi connectivity index (χ0v) is 42.6. The molecule has 0 bridgehead atoms. The maximum atomic E-state index is 13.2. The van der Waals surface area contributed by atoms with Crippen LogP contribution >= 0.6 is 0 Å². The molecule has 7 aromatic rings. The standard InChI is InChI=1S/C52H63N13O4S2/c1-5-61(6-2)49-26-18-42(19-27-49)53-55-44-22-30-51(31-23-44)70(66,67)38-12-14-46-40-64(59-57-46)36-34-63(48-16-10-9-11-17-48)35-37-65-41-47(58-60-65)15-13-39-71(68,69)52-32-24-45(25-33-52)56-54-43-20-28-50(29-21-43)62(7-3)8-4/h9-11,16-33,40-41H,5-8,12-15,34-39H2,1-4H3. The third-order valence-corrected chi connectivity index (χ3v) is 15.7. The van der Waals surface area contributed by atoms with Crippen molar-refractivity contribution in [2.24, 2.45) is 20.5 Å². The SMILES string of the molecule is CCN(CC)c1ccc(N=Nc2ccc(S(=O)(=O)CCCc3cn(CCN(CCn4cc(CCCS(=O)(=O)c5ccc(N=Nc6ccc(N(CC)CC)cc6)cc5)nn4)c4ccccc4)nn3)cc2)cc1. The predicted octanol–water partition coefficient (Wildman–Crippen LogP) is 10.4. The molecule has 0 aliphatic heterocycles. The highest BCUT2D eigenvalue weighted by atomic mass is 32.2. The Balaban J connectivity index is 0.838. The van der Waals surface area contributed by atoms with Crippen molar-refractivity contribution in [2.45, 2.75) is 76.3 Å². The Kier molecular flexibility index (Phi) is 18.3. The van der Waals surface area contributed by atoms with Crippen LogP contribution in [0.15, 0.2) is 170 Å². The Morgan fingerprint density at radius 2 is 0.775 bits per heavy atom. The average Bonchev–Trinajstić information content (AvgIpc) is 4.06. The molecule has 0 aliphatic carbocycles. The smallest absolute Gasteiger partial charge is 0.178 e. The molecule has 0 saturated heterocycles. The summed E-state index contributed by atoms with van der Waals surface area (Å²) in [7, 11) is -7.04. The van der Waals surface area contributed by atoms with E-state index >= 15 is 0 Å². The van der Waals surface area contributed by atoms with Crippen LogP contribution in [0.2, 0.25) is 0 Å². The van der Waals surface area contributed by atoms with E-state index in [-0.39, 0.29) is 21.3 Å². The Morgan fingerprint density at radius 3 is 1.13 bits per heavy atom. The zero-order chi connectivity index (χ0) is 50.1. The lowest BCUT2D eigenvalue weighted by Crippen LogP contribution is -2.31. The molecule has 0 atom stereocenters. The van der Waals surface area contributed by atoms with Crippen molar-refractivity contribution < 1.29 is 16.8 Å². The summed E-state index contributed by atoms with van der Waals surface area (Å²) in [5.41, 5.74) is 7.31. The molecule has 0 aliphatic rings. The van der Waals surface area contributed by atoms with Gasteiger partial charge in [-0.05, 0) is 163 Å². The van der Waals surface area contributed by atoms with E-state index in [1.165, 1.54) is 0 Å². The topological polar surface area (TPSA) is 189 Å². The highest BCUT2D eigenvalue weighted by molar-refractivity contribution is 7.91.